The van der Waals surface area contributed by atoms with Crippen molar-refractivity contribution in [3.63, 3.8) is 0 Å². The van der Waals surface area contributed by atoms with E-state index in [-0.39, 0.29) is 5.91 Å². The molecule has 1 aliphatic carbocycles. The number of carbonyl (C=O) groups excluding carboxylic acids is 1. The van der Waals surface area contributed by atoms with E-state index in [0.717, 1.165) is 29.1 Å². The second-order valence-corrected chi connectivity index (χ2v) is 7.47. The lowest BCUT2D eigenvalue weighted by atomic mass is 10.1. The van der Waals surface area contributed by atoms with E-state index in [1.807, 2.05) is 25.1 Å². The fraction of sp³-hybridized carbons (Fsp3) is 0.250. The van der Waals surface area contributed by atoms with Gasteiger partial charge in [0.15, 0.2) is 0 Å². The summed E-state index contributed by atoms with van der Waals surface area (Å²) in [5.41, 5.74) is 5.24. The van der Waals surface area contributed by atoms with Crippen molar-refractivity contribution >= 4 is 29.1 Å². The number of benzene rings is 2. The highest BCUT2D eigenvalue weighted by Gasteiger charge is 2.24. The topological polar surface area (TPSA) is 41.1 Å². The minimum atomic E-state index is 0.0201. The molecule has 0 atom stereocenters. The van der Waals surface area contributed by atoms with Crippen molar-refractivity contribution in [1.29, 1.82) is 0 Å². The molecule has 2 aliphatic rings. The van der Waals surface area contributed by atoms with Crippen LogP contribution < -0.4 is 10.6 Å². The molecule has 1 heterocycles. The fourth-order valence-corrected chi connectivity index (χ4v) is 3.86. The number of hydrogen-bond donors (Lipinski definition) is 2. The predicted octanol–water partition coefficient (Wildman–Crippen LogP) is 4.82. The Labute approximate surface area is 146 Å². The maximum Gasteiger partial charge on any atom is 0.251 e. The molecule has 0 spiro atoms. The van der Waals surface area contributed by atoms with Crippen molar-refractivity contribution in [3.8, 4) is 0 Å². The SMILES string of the molecule is CC=C1Nc2cc(C(=O)NC3CC3)ccc2Sc2ccc(C)cc21. The van der Waals surface area contributed by atoms with Gasteiger partial charge in [-0.05, 0) is 57.0 Å². The van der Waals surface area contributed by atoms with Crippen LogP contribution in [0.2, 0.25) is 0 Å². The smallest absolute Gasteiger partial charge is 0.251 e. The standard InChI is InChI=1S/C20H20N2OS/c1-3-16-15-10-12(2)4-8-18(15)24-19-9-5-13(11-17(19)22-16)20(23)21-14-6-7-14/h3-5,8-11,14,22H,6-7H2,1-2H3,(H,21,23). The molecule has 0 aromatic heterocycles. The van der Waals surface area contributed by atoms with Crippen LogP contribution in [0.3, 0.4) is 0 Å². The number of rotatable bonds is 2. The number of aryl methyl sites for hydroxylation is 1. The maximum atomic E-state index is 12.3. The Balaban J connectivity index is 1.71. The van der Waals surface area contributed by atoms with Crippen LogP contribution in [0.1, 0.15) is 41.3 Å². The van der Waals surface area contributed by atoms with Gasteiger partial charge in [-0.1, -0.05) is 29.5 Å². The maximum absolute atomic E-state index is 12.3. The van der Waals surface area contributed by atoms with Gasteiger partial charge in [0.2, 0.25) is 0 Å². The Morgan fingerprint density at radius 1 is 1.21 bits per heavy atom. The zero-order valence-corrected chi connectivity index (χ0v) is 14.7. The number of fused-ring (bicyclic) bond motifs is 2. The third kappa shape index (κ3) is 2.94. The molecule has 122 valence electrons. The lowest BCUT2D eigenvalue weighted by Gasteiger charge is -2.12. The molecule has 0 saturated heterocycles. The quantitative estimate of drug-likeness (QED) is 0.826. The van der Waals surface area contributed by atoms with Crippen LogP contribution in [0.5, 0.6) is 0 Å². The summed E-state index contributed by atoms with van der Waals surface area (Å²) in [4.78, 5) is 14.7. The Morgan fingerprint density at radius 2 is 2.00 bits per heavy atom. The van der Waals surface area contributed by atoms with Gasteiger partial charge in [0.05, 0.1) is 5.69 Å². The minimum Gasteiger partial charge on any atom is -0.354 e. The molecule has 4 heteroatoms. The van der Waals surface area contributed by atoms with Crippen molar-refractivity contribution in [2.45, 2.75) is 42.5 Å². The van der Waals surface area contributed by atoms with Gasteiger partial charge >= 0.3 is 0 Å². The molecule has 0 unspecified atom stereocenters. The number of allylic oxidation sites excluding steroid dienone is 1. The van der Waals surface area contributed by atoms with Crippen LogP contribution >= 0.6 is 11.8 Å². The summed E-state index contributed by atoms with van der Waals surface area (Å²) in [7, 11) is 0. The Hall–Kier alpha value is -2.20. The van der Waals surface area contributed by atoms with Crippen molar-refractivity contribution < 1.29 is 4.79 Å². The zero-order chi connectivity index (χ0) is 16.7. The first-order chi connectivity index (χ1) is 11.6. The second-order valence-electron chi connectivity index (χ2n) is 6.39. The summed E-state index contributed by atoms with van der Waals surface area (Å²) >= 11 is 1.74. The predicted molar refractivity (Wildman–Crippen MR) is 99.5 cm³/mol. The monoisotopic (exact) mass is 336 g/mol. The molecule has 24 heavy (non-hydrogen) atoms. The largest absolute Gasteiger partial charge is 0.354 e. The molecular formula is C20H20N2OS. The third-order valence-electron chi connectivity index (χ3n) is 4.36. The van der Waals surface area contributed by atoms with Crippen LogP contribution in [0, 0.1) is 6.92 Å². The van der Waals surface area contributed by atoms with E-state index in [9.17, 15) is 4.79 Å². The second kappa shape index (κ2) is 6.02. The van der Waals surface area contributed by atoms with Crippen molar-refractivity contribution in [1.82, 2.24) is 5.32 Å². The van der Waals surface area contributed by atoms with Gasteiger partial charge < -0.3 is 10.6 Å². The van der Waals surface area contributed by atoms with E-state index in [2.05, 4.69) is 41.8 Å². The summed E-state index contributed by atoms with van der Waals surface area (Å²) in [5, 5.41) is 6.57. The van der Waals surface area contributed by atoms with Gasteiger partial charge in [-0.3, -0.25) is 4.79 Å². The molecule has 1 amide bonds. The molecule has 1 saturated carbocycles. The van der Waals surface area contributed by atoms with Gasteiger partial charge in [-0.2, -0.15) is 0 Å². The number of anilines is 1. The lowest BCUT2D eigenvalue weighted by Crippen LogP contribution is -2.25. The van der Waals surface area contributed by atoms with Crippen LogP contribution in [0.4, 0.5) is 5.69 Å². The summed E-state index contributed by atoms with van der Waals surface area (Å²) in [6.45, 7) is 4.14. The lowest BCUT2D eigenvalue weighted by molar-refractivity contribution is 0.0951. The van der Waals surface area contributed by atoms with Gasteiger partial charge in [0.1, 0.15) is 0 Å². The van der Waals surface area contributed by atoms with Crippen LogP contribution in [-0.2, 0) is 0 Å². The molecule has 2 aromatic carbocycles. The normalized spacial score (nSPS) is 17.5. The Kier molecular flexibility index (Phi) is 3.85. The van der Waals surface area contributed by atoms with E-state index < -0.39 is 0 Å². The molecule has 1 aliphatic heterocycles. The average molecular weight is 336 g/mol. The number of hydrogen-bond acceptors (Lipinski definition) is 3. The first-order valence-corrected chi connectivity index (χ1v) is 9.13. The van der Waals surface area contributed by atoms with Crippen LogP contribution in [0.25, 0.3) is 5.70 Å². The summed E-state index contributed by atoms with van der Waals surface area (Å²) in [6, 6.07) is 12.8. The molecule has 2 N–H and O–H groups in total. The highest BCUT2D eigenvalue weighted by Crippen LogP contribution is 2.42. The first-order valence-electron chi connectivity index (χ1n) is 8.31. The first kappa shape index (κ1) is 15.3. The fourth-order valence-electron chi connectivity index (χ4n) is 2.86. The summed E-state index contributed by atoms with van der Waals surface area (Å²) in [6.07, 6.45) is 4.29. The van der Waals surface area contributed by atoms with Gasteiger partial charge in [-0.15, -0.1) is 0 Å². The van der Waals surface area contributed by atoms with Crippen molar-refractivity contribution in [3.05, 3.63) is 59.2 Å². The average Bonchev–Trinajstić information content (AvgIpc) is 3.40. The molecule has 2 aromatic rings. The molecular weight excluding hydrogens is 316 g/mol. The van der Waals surface area contributed by atoms with E-state index in [1.54, 1.807) is 11.8 Å². The molecule has 4 rings (SSSR count). The molecule has 3 nitrogen and oxygen atoms in total. The number of amides is 1. The highest BCUT2D eigenvalue weighted by molar-refractivity contribution is 7.99. The highest BCUT2D eigenvalue weighted by atomic mass is 32.2. The zero-order valence-electron chi connectivity index (χ0n) is 13.8. The van der Waals surface area contributed by atoms with Gasteiger partial charge in [0, 0.05) is 32.7 Å². The van der Waals surface area contributed by atoms with Crippen molar-refractivity contribution in [2.24, 2.45) is 0 Å². The minimum absolute atomic E-state index is 0.0201. The number of carbonyl (C=O) groups is 1. The summed E-state index contributed by atoms with van der Waals surface area (Å²) < 4.78 is 0. The van der Waals surface area contributed by atoms with E-state index in [1.165, 1.54) is 16.0 Å². The van der Waals surface area contributed by atoms with E-state index >= 15 is 0 Å². The Bertz CT molecular complexity index is 853. The Morgan fingerprint density at radius 3 is 2.75 bits per heavy atom. The van der Waals surface area contributed by atoms with Gasteiger partial charge in [0.25, 0.3) is 5.91 Å². The molecule has 0 bridgehead atoms. The van der Waals surface area contributed by atoms with E-state index in [0.29, 0.717) is 11.6 Å². The number of nitrogens with one attached hydrogen (secondary N) is 2. The van der Waals surface area contributed by atoms with Crippen LogP contribution in [0.15, 0.2) is 52.3 Å². The van der Waals surface area contributed by atoms with E-state index in [4.69, 9.17) is 0 Å². The third-order valence-corrected chi connectivity index (χ3v) is 5.51. The summed E-state index contributed by atoms with van der Waals surface area (Å²) in [5.74, 6) is 0.0201. The van der Waals surface area contributed by atoms with Gasteiger partial charge in [-0.25, -0.2) is 0 Å². The molecule has 1 fully saturated rings. The van der Waals surface area contributed by atoms with Crippen molar-refractivity contribution in [2.75, 3.05) is 5.32 Å². The molecule has 0 radical (unpaired) electrons. The van der Waals surface area contributed by atoms with Crippen LogP contribution in [-0.4, -0.2) is 11.9 Å².